The standard InChI is InChI=1S/C26H18F34NP/c27-11(28,13(31,32)15(35,36)17(39,40)19(43,44)21(47,48)23(51,52)25(55,56)57)5-1-2-8-62(10-4-7-61)9-3-6-12(29,30)14(33,34)16(37,38)18(41,42)20(45,46)22(49,50)24(53,54)26(58,59)60/h1-6,8-10H2. The maximum atomic E-state index is 14.2. The van der Waals surface area contributed by atoms with Gasteiger partial charge in [0.1, 0.15) is 0 Å². The fourth-order valence-corrected chi connectivity index (χ4v) is 6.82. The normalized spacial score (nSPS) is 16.7. The molecule has 0 saturated heterocycles. The minimum atomic E-state index is -8.95. The van der Waals surface area contributed by atoms with Gasteiger partial charge in [-0.3, -0.25) is 0 Å². The summed E-state index contributed by atoms with van der Waals surface area (Å²) in [4.78, 5) is 0. The molecule has 0 amide bonds. The zero-order valence-electron chi connectivity index (χ0n) is 28.6. The number of unbranched alkanes of at least 4 members (excludes halogenated alkanes) is 1. The smallest absolute Gasteiger partial charge is 0.200 e. The van der Waals surface area contributed by atoms with Crippen LogP contribution in [-0.4, -0.2) is 114 Å². The van der Waals surface area contributed by atoms with Crippen LogP contribution in [0.2, 0.25) is 0 Å². The van der Waals surface area contributed by atoms with Gasteiger partial charge in [0, 0.05) is 19.3 Å². The fourth-order valence-electron chi connectivity index (χ4n) is 4.46. The van der Waals surface area contributed by atoms with Crippen molar-refractivity contribution in [3.8, 4) is 6.07 Å². The van der Waals surface area contributed by atoms with Crippen molar-refractivity contribution in [1.82, 2.24) is 0 Å². The third-order valence-electron chi connectivity index (χ3n) is 8.29. The summed E-state index contributed by atoms with van der Waals surface area (Å²) < 4.78 is 456. The van der Waals surface area contributed by atoms with Gasteiger partial charge in [-0.25, -0.2) is 0 Å². The number of hydrogen-bond donors (Lipinski definition) is 0. The van der Waals surface area contributed by atoms with Crippen molar-refractivity contribution in [2.24, 2.45) is 0 Å². The number of nitrogens with zero attached hydrogens (tertiary/aromatic N) is 1. The summed E-state index contributed by atoms with van der Waals surface area (Å²) >= 11 is 0. The van der Waals surface area contributed by atoms with Crippen LogP contribution in [0.1, 0.15) is 38.5 Å². The maximum absolute atomic E-state index is 14.2. The Bertz CT molecular complexity index is 1550. The van der Waals surface area contributed by atoms with E-state index in [2.05, 4.69) is 0 Å². The number of halogens is 34. The van der Waals surface area contributed by atoms with Gasteiger partial charge in [-0.05, 0) is 37.7 Å². The molecule has 0 aromatic carbocycles. The van der Waals surface area contributed by atoms with Crippen LogP contribution in [0, 0.1) is 11.3 Å². The lowest BCUT2D eigenvalue weighted by Gasteiger charge is -2.42. The first-order chi connectivity index (χ1) is 26.6. The van der Waals surface area contributed by atoms with Crippen LogP contribution in [-0.2, 0) is 0 Å². The molecule has 1 unspecified atom stereocenters. The Morgan fingerprint density at radius 3 is 0.758 bits per heavy atom. The largest absolute Gasteiger partial charge is 0.460 e. The lowest BCUT2D eigenvalue weighted by Crippen LogP contribution is -2.74. The quantitative estimate of drug-likeness (QED) is 0.0568. The van der Waals surface area contributed by atoms with Gasteiger partial charge in [0.05, 0.1) is 6.07 Å². The highest BCUT2D eigenvalue weighted by Crippen LogP contribution is 2.66. The summed E-state index contributed by atoms with van der Waals surface area (Å²) in [6.07, 6.45) is -31.1. The average Bonchev–Trinajstić information content (AvgIpc) is 3.06. The van der Waals surface area contributed by atoms with Crippen molar-refractivity contribution in [2.75, 3.05) is 18.5 Å². The third kappa shape index (κ3) is 9.05. The molecule has 0 N–H and O–H groups in total. The predicted octanol–water partition coefficient (Wildman–Crippen LogP) is 14.4. The average molecular weight is 1020 g/mol. The van der Waals surface area contributed by atoms with Crippen LogP contribution < -0.4 is 0 Å². The highest BCUT2D eigenvalue weighted by molar-refractivity contribution is 7.57. The second-order valence-corrected chi connectivity index (χ2v) is 15.3. The first-order valence-corrected chi connectivity index (χ1v) is 17.1. The van der Waals surface area contributed by atoms with Gasteiger partial charge in [-0.2, -0.15) is 155 Å². The number of nitriles is 1. The molecule has 0 saturated carbocycles. The molecule has 0 radical (unpaired) electrons. The zero-order valence-corrected chi connectivity index (χ0v) is 29.5. The van der Waals surface area contributed by atoms with Crippen molar-refractivity contribution in [2.45, 2.75) is 134 Å². The molecule has 36 heteroatoms. The second kappa shape index (κ2) is 17.1. The number of alkyl halides is 34. The van der Waals surface area contributed by atoms with Crippen molar-refractivity contribution in [3.05, 3.63) is 0 Å². The Labute approximate surface area is 321 Å². The molecule has 0 spiro atoms. The molecule has 62 heavy (non-hydrogen) atoms. The first-order valence-electron chi connectivity index (χ1n) is 15.2. The molecule has 0 aliphatic heterocycles. The van der Waals surface area contributed by atoms with E-state index in [4.69, 9.17) is 5.26 Å². The Hall–Kier alpha value is -2.46. The van der Waals surface area contributed by atoms with E-state index in [1.807, 2.05) is 0 Å². The summed E-state index contributed by atoms with van der Waals surface area (Å²) in [6, 6.07) is 1.23. The summed E-state index contributed by atoms with van der Waals surface area (Å²) in [5.41, 5.74) is 0. The van der Waals surface area contributed by atoms with Crippen LogP contribution in [0.25, 0.3) is 0 Å². The molecule has 0 aliphatic rings. The van der Waals surface area contributed by atoms with Crippen LogP contribution in [0.4, 0.5) is 149 Å². The van der Waals surface area contributed by atoms with Crippen LogP contribution in [0.15, 0.2) is 0 Å². The molecule has 0 heterocycles. The molecule has 0 aliphatic carbocycles. The SMILES string of the molecule is N#CCCP(CCCCC(F)(F)C(F)(F)C(F)(F)C(F)(F)C(F)(F)C(F)(F)C(F)(F)C(F)(F)F)CCCC(F)(F)C(F)(F)C(F)(F)C(F)(F)C(F)(F)C(F)(F)C(F)(F)C(F)(F)F. The molecule has 370 valence electrons. The Morgan fingerprint density at radius 1 is 0.274 bits per heavy atom. The zero-order chi connectivity index (χ0) is 50.6. The van der Waals surface area contributed by atoms with Crippen LogP contribution in [0.3, 0.4) is 0 Å². The molecular weight excluding hydrogens is 1000 g/mol. The highest BCUT2D eigenvalue weighted by Gasteiger charge is 2.96. The summed E-state index contributed by atoms with van der Waals surface area (Å²) in [5, 5.41) is 8.61. The van der Waals surface area contributed by atoms with E-state index in [0.29, 0.717) is 0 Å². The van der Waals surface area contributed by atoms with Gasteiger partial charge in [-0.15, -0.1) is 7.92 Å². The summed E-state index contributed by atoms with van der Waals surface area (Å²) in [5.74, 6) is -118. The van der Waals surface area contributed by atoms with Crippen molar-refractivity contribution >= 4 is 7.92 Å². The van der Waals surface area contributed by atoms with E-state index in [1.165, 1.54) is 6.07 Å². The van der Waals surface area contributed by atoms with Gasteiger partial charge >= 0.3 is 95.3 Å². The van der Waals surface area contributed by atoms with E-state index in [1.54, 1.807) is 0 Å². The number of rotatable bonds is 23. The monoisotopic (exact) mass is 1020 g/mol. The van der Waals surface area contributed by atoms with Crippen molar-refractivity contribution in [3.63, 3.8) is 0 Å². The molecule has 0 aromatic rings. The van der Waals surface area contributed by atoms with E-state index >= 15 is 0 Å². The Kier molecular flexibility index (Phi) is 16.4. The van der Waals surface area contributed by atoms with E-state index < -0.39 is 160 Å². The minimum Gasteiger partial charge on any atom is -0.200 e. The fraction of sp³-hybridized carbons (Fsp3) is 0.962. The Morgan fingerprint density at radius 2 is 0.500 bits per heavy atom. The second-order valence-electron chi connectivity index (χ2n) is 12.6. The van der Waals surface area contributed by atoms with Gasteiger partial charge in [0.2, 0.25) is 0 Å². The van der Waals surface area contributed by atoms with E-state index in [-0.39, 0.29) is 0 Å². The number of hydrogen-bond acceptors (Lipinski definition) is 1. The maximum Gasteiger partial charge on any atom is 0.460 e. The third-order valence-corrected chi connectivity index (χ3v) is 11.0. The predicted molar refractivity (Wildman–Crippen MR) is 136 cm³/mol. The first kappa shape index (κ1) is 59.5. The van der Waals surface area contributed by atoms with E-state index in [0.717, 1.165) is 0 Å². The van der Waals surface area contributed by atoms with Crippen LogP contribution >= 0.6 is 7.92 Å². The molecule has 0 aromatic heterocycles. The van der Waals surface area contributed by atoms with Gasteiger partial charge in [-0.1, -0.05) is 0 Å². The Balaban J connectivity index is 6.26. The topological polar surface area (TPSA) is 23.8 Å². The van der Waals surface area contributed by atoms with Crippen molar-refractivity contribution in [1.29, 1.82) is 5.26 Å². The molecule has 1 nitrogen and oxygen atoms in total. The van der Waals surface area contributed by atoms with Gasteiger partial charge in [0.25, 0.3) is 0 Å². The van der Waals surface area contributed by atoms with E-state index in [9.17, 15) is 149 Å². The minimum absolute atomic E-state index is 0.792. The summed E-state index contributed by atoms with van der Waals surface area (Å²) in [7, 11) is -2.52. The lowest BCUT2D eigenvalue weighted by atomic mass is 9.88. The molecular formula is C26H18F34NP. The van der Waals surface area contributed by atoms with Gasteiger partial charge < -0.3 is 0 Å². The summed E-state index contributed by atoms with van der Waals surface area (Å²) in [6.45, 7) is 0. The molecule has 1 atom stereocenters. The highest BCUT2D eigenvalue weighted by atomic mass is 31.1. The molecule has 0 rings (SSSR count). The molecule has 0 fully saturated rings. The van der Waals surface area contributed by atoms with Crippen LogP contribution in [0.5, 0.6) is 0 Å². The van der Waals surface area contributed by atoms with Crippen molar-refractivity contribution < 1.29 is 149 Å². The van der Waals surface area contributed by atoms with Gasteiger partial charge in [0.15, 0.2) is 0 Å². The lowest BCUT2D eigenvalue weighted by molar-refractivity contribution is -0.461. The molecule has 0 bridgehead atoms.